The van der Waals surface area contributed by atoms with Gasteiger partial charge in [-0.2, -0.15) is 0 Å². The molecule has 1 aliphatic rings. The Morgan fingerprint density at radius 1 is 1.42 bits per heavy atom. The number of carbonyl (C=O) groups excluding carboxylic acids is 2. The van der Waals surface area contributed by atoms with E-state index in [1.807, 2.05) is 42.7 Å². The molecule has 4 nitrogen and oxygen atoms in total. The van der Waals surface area contributed by atoms with Crippen LogP contribution in [0.2, 0.25) is 0 Å². The fourth-order valence-corrected chi connectivity index (χ4v) is 2.45. The van der Waals surface area contributed by atoms with Crippen molar-refractivity contribution in [3.05, 3.63) is 47.5 Å². The number of benzene rings is 1. The van der Waals surface area contributed by atoms with Gasteiger partial charge in [0.2, 0.25) is 11.8 Å². The Morgan fingerprint density at radius 3 is 2.84 bits per heavy atom. The number of nitrogens with zero attached hydrogens (tertiary/aromatic N) is 1. The summed E-state index contributed by atoms with van der Waals surface area (Å²) in [5.41, 5.74) is 1.05. The van der Waals surface area contributed by atoms with E-state index in [2.05, 4.69) is 5.32 Å². The lowest BCUT2D eigenvalue weighted by Gasteiger charge is -2.22. The molecule has 0 aromatic heterocycles. The Balaban J connectivity index is 1.89. The van der Waals surface area contributed by atoms with Crippen LogP contribution in [0.1, 0.15) is 18.5 Å². The van der Waals surface area contributed by atoms with Crippen molar-refractivity contribution in [3.8, 4) is 0 Å². The number of hydrogen-bond acceptors (Lipinski definition) is 3. The first-order valence-electron chi connectivity index (χ1n) is 6.09. The third kappa shape index (κ3) is 3.86. The van der Waals surface area contributed by atoms with Gasteiger partial charge in [-0.1, -0.05) is 30.3 Å². The van der Waals surface area contributed by atoms with Crippen molar-refractivity contribution < 1.29 is 9.59 Å². The van der Waals surface area contributed by atoms with Crippen molar-refractivity contribution in [2.75, 3.05) is 12.3 Å². The van der Waals surface area contributed by atoms with Crippen LogP contribution in [0.15, 0.2) is 41.9 Å². The topological polar surface area (TPSA) is 49.4 Å². The third-order valence-electron chi connectivity index (χ3n) is 2.86. The minimum absolute atomic E-state index is 0.0324. The van der Waals surface area contributed by atoms with E-state index in [0.717, 1.165) is 5.56 Å². The molecular formula is C14H16N2O2S. The van der Waals surface area contributed by atoms with Crippen molar-refractivity contribution in [2.24, 2.45) is 0 Å². The molecular weight excluding hydrogens is 260 g/mol. The average Bonchev–Trinajstić information content (AvgIpc) is 2.42. The zero-order valence-electron chi connectivity index (χ0n) is 10.7. The second-order valence-corrected chi connectivity index (χ2v) is 5.21. The van der Waals surface area contributed by atoms with Crippen LogP contribution in [-0.4, -0.2) is 29.0 Å². The Bertz CT molecular complexity index is 487. The number of nitrogens with one attached hydrogen (secondary N) is 1. The molecule has 1 N–H and O–H groups in total. The Morgan fingerprint density at radius 2 is 2.16 bits per heavy atom. The first kappa shape index (κ1) is 13.7. The molecule has 100 valence electrons. The van der Waals surface area contributed by atoms with Gasteiger partial charge < -0.3 is 10.2 Å². The molecule has 2 amide bonds. The summed E-state index contributed by atoms with van der Waals surface area (Å²) in [4.78, 5) is 24.9. The lowest BCUT2D eigenvalue weighted by Crippen LogP contribution is -2.40. The van der Waals surface area contributed by atoms with E-state index in [1.54, 1.807) is 6.20 Å². The highest BCUT2D eigenvalue weighted by Gasteiger charge is 2.18. The van der Waals surface area contributed by atoms with E-state index in [0.29, 0.717) is 5.75 Å². The van der Waals surface area contributed by atoms with Gasteiger partial charge >= 0.3 is 0 Å². The van der Waals surface area contributed by atoms with Gasteiger partial charge in [-0.05, 0) is 17.9 Å². The van der Waals surface area contributed by atoms with Crippen molar-refractivity contribution in [2.45, 2.75) is 13.0 Å². The fourth-order valence-electron chi connectivity index (χ4n) is 1.81. The van der Waals surface area contributed by atoms with Crippen molar-refractivity contribution in [3.63, 3.8) is 0 Å². The standard InChI is InChI=1S/C14H16N2O2S/c1-11(12-5-3-2-4-6-12)15-13(17)9-16-7-8-19-10-14(16)18/h2-8,11H,9-10H2,1H3,(H,15,17). The van der Waals surface area contributed by atoms with Gasteiger partial charge in [0.05, 0.1) is 11.8 Å². The summed E-state index contributed by atoms with van der Waals surface area (Å²) in [7, 11) is 0. The Hall–Kier alpha value is -1.75. The highest BCUT2D eigenvalue weighted by molar-refractivity contribution is 8.02. The normalized spacial score (nSPS) is 16.3. The molecule has 1 atom stereocenters. The molecule has 5 heteroatoms. The van der Waals surface area contributed by atoms with Crippen molar-refractivity contribution >= 4 is 23.6 Å². The number of rotatable bonds is 4. The molecule has 0 bridgehead atoms. The maximum Gasteiger partial charge on any atom is 0.240 e. The van der Waals surface area contributed by atoms with E-state index in [1.165, 1.54) is 16.7 Å². The third-order valence-corrected chi connectivity index (χ3v) is 3.58. The SMILES string of the molecule is CC(NC(=O)CN1C=CSCC1=O)c1ccccc1. The highest BCUT2D eigenvalue weighted by Crippen LogP contribution is 2.13. The van der Waals surface area contributed by atoms with Gasteiger partial charge in [-0.15, -0.1) is 11.8 Å². The zero-order valence-corrected chi connectivity index (χ0v) is 11.5. The first-order valence-corrected chi connectivity index (χ1v) is 7.14. The number of carbonyl (C=O) groups is 2. The van der Waals surface area contributed by atoms with Crippen LogP contribution in [0.25, 0.3) is 0 Å². The molecule has 19 heavy (non-hydrogen) atoms. The molecule has 1 aliphatic heterocycles. The molecule has 0 radical (unpaired) electrons. The van der Waals surface area contributed by atoms with Gasteiger partial charge in [0.25, 0.3) is 0 Å². The molecule has 1 aromatic rings. The molecule has 1 unspecified atom stereocenters. The second kappa shape index (κ2) is 6.43. The maximum atomic E-state index is 11.9. The molecule has 1 aromatic carbocycles. The van der Waals surface area contributed by atoms with Crippen LogP contribution in [-0.2, 0) is 9.59 Å². The zero-order chi connectivity index (χ0) is 13.7. The van der Waals surface area contributed by atoms with Crippen molar-refractivity contribution in [1.82, 2.24) is 10.2 Å². The summed E-state index contributed by atoms with van der Waals surface area (Å²) in [5, 5.41) is 4.72. The molecule has 0 saturated heterocycles. The van der Waals surface area contributed by atoms with Gasteiger partial charge in [0.1, 0.15) is 6.54 Å². The van der Waals surface area contributed by atoms with E-state index in [9.17, 15) is 9.59 Å². The smallest absolute Gasteiger partial charge is 0.240 e. The second-order valence-electron chi connectivity index (χ2n) is 4.32. The highest BCUT2D eigenvalue weighted by atomic mass is 32.2. The van der Waals surface area contributed by atoms with Crippen LogP contribution in [0.5, 0.6) is 0 Å². The van der Waals surface area contributed by atoms with E-state index in [-0.39, 0.29) is 24.4 Å². The predicted molar refractivity (Wildman–Crippen MR) is 76.3 cm³/mol. The van der Waals surface area contributed by atoms with E-state index < -0.39 is 0 Å². The lowest BCUT2D eigenvalue weighted by atomic mass is 10.1. The van der Waals surface area contributed by atoms with Gasteiger partial charge in [0.15, 0.2) is 0 Å². The summed E-state index contributed by atoms with van der Waals surface area (Å²) in [6, 6.07) is 9.68. The van der Waals surface area contributed by atoms with Crippen LogP contribution in [0.3, 0.4) is 0 Å². The summed E-state index contributed by atoms with van der Waals surface area (Å²) in [5.74, 6) is 0.217. The number of amides is 2. The van der Waals surface area contributed by atoms with Gasteiger partial charge in [0, 0.05) is 6.20 Å². The van der Waals surface area contributed by atoms with Gasteiger partial charge in [-0.25, -0.2) is 0 Å². The maximum absolute atomic E-state index is 11.9. The van der Waals surface area contributed by atoms with Crippen LogP contribution in [0.4, 0.5) is 0 Å². The summed E-state index contributed by atoms with van der Waals surface area (Å²) < 4.78 is 0. The van der Waals surface area contributed by atoms with Crippen LogP contribution in [0, 0.1) is 0 Å². The predicted octanol–water partition coefficient (Wildman–Crippen LogP) is 1.91. The number of hydrogen-bond donors (Lipinski definition) is 1. The Kier molecular flexibility index (Phi) is 4.63. The molecule has 1 heterocycles. The molecule has 0 saturated carbocycles. The molecule has 0 spiro atoms. The van der Waals surface area contributed by atoms with E-state index in [4.69, 9.17) is 0 Å². The molecule has 2 rings (SSSR count). The number of thioether (sulfide) groups is 1. The lowest BCUT2D eigenvalue weighted by molar-refractivity contribution is -0.131. The van der Waals surface area contributed by atoms with Crippen LogP contribution >= 0.6 is 11.8 Å². The summed E-state index contributed by atoms with van der Waals surface area (Å²) in [6.07, 6.45) is 1.66. The fraction of sp³-hybridized carbons (Fsp3) is 0.286. The Labute approximate surface area is 116 Å². The van der Waals surface area contributed by atoms with Crippen molar-refractivity contribution in [1.29, 1.82) is 0 Å². The monoisotopic (exact) mass is 276 g/mol. The summed E-state index contributed by atoms with van der Waals surface area (Å²) >= 11 is 1.44. The van der Waals surface area contributed by atoms with Gasteiger partial charge in [-0.3, -0.25) is 9.59 Å². The minimum atomic E-state index is -0.152. The average molecular weight is 276 g/mol. The molecule has 0 fully saturated rings. The summed E-state index contributed by atoms with van der Waals surface area (Å²) in [6.45, 7) is 2.00. The molecule has 0 aliphatic carbocycles. The first-order chi connectivity index (χ1) is 9.16. The van der Waals surface area contributed by atoms with E-state index >= 15 is 0 Å². The largest absolute Gasteiger partial charge is 0.348 e. The minimum Gasteiger partial charge on any atom is -0.348 e. The quantitative estimate of drug-likeness (QED) is 0.914. The van der Waals surface area contributed by atoms with Crippen LogP contribution < -0.4 is 5.32 Å².